The fourth-order valence-electron chi connectivity index (χ4n) is 2.56. The van der Waals surface area contributed by atoms with Gasteiger partial charge < -0.3 is 19.5 Å². The van der Waals surface area contributed by atoms with E-state index in [1.54, 1.807) is 24.1 Å². The van der Waals surface area contributed by atoms with E-state index in [4.69, 9.17) is 9.47 Å². The Bertz CT molecular complexity index is 532. The van der Waals surface area contributed by atoms with Gasteiger partial charge in [0.2, 0.25) is 0 Å². The molecule has 1 saturated heterocycles. The number of ether oxygens (including phenoxy) is 2. The molecule has 116 valence electrons. The minimum absolute atomic E-state index is 0.106. The molecule has 21 heavy (non-hydrogen) atoms. The summed E-state index contributed by atoms with van der Waals surface area (Å²) in [6.07, 6.45) is -0.362. The van der Waals surface area contributed by atoms with Crippen LogP contribution in [0.25, 0.3) is 0 Å². The Kier molecular flexibility index (Phi) is 4.91. The molecule has 0 bridgehead atoms. The van der Waals surface area contributed by atoms with E-state index in [0.29, 0.717) is 24.4 Å². The molecule has 0 radical (unpaired) electrons. The van der Waals surface area contributed by atoms with Crippen molar-refractivity contribution in [3.63, 3.8) is 0 Å². The molecule has 2 rings (SSSR count). The number of halogens is 1. The molecule has 1 aliphatic rings. The first-order valence-corrected chi connectivity index (χ1v) is 7.57. The van der Waals surface area contributed by atoms with Gasteiger partial charge in [-0.15, -0.1) is 0 Å². The second-order valence-corrected chi connectivity index (χ2v) is 6.63. The molecule has 1 aromatic carbocycles. The molecule has 0 aliphatic carbocycles. The van der Waals surface area contributed by atoms with E-state index in [-0.39, 0.29) is 18.6 Å². The van der Waals surface area contributed by atoms with Crippen LogP contribution in [0.2, 0.25) is 0 Å². The summed E-state index contributed by atoms with van der Waals surface area (Å²) in [4.78, 5) is 14.4. The number of rotatable bonds is 3. The van der Waals surface area contributed by atoms with Crippen molar-refractivity contribution in [1.82, 2.24) is 4.90 Å². The van der Waals surface area contributed by atoms with E-state index < -0.39 is 5.60 Å². The van der Waals surface area contributed by atoms with E-state index in [1.165, 1.54) is 0 Å². The first-order chi connectivity index (χ1) is 9.86. The van der Waals surface area contributed by atoms with Crippen LogP contribution in [0, 0.1) is 0 Å². The fraction of sp³-hybridized carbons (Fsp3) is 0.533. The molecule has 5 nitrogen and oxygen atoms in total. The standard InChI is InChI=1S/C15H20BrNO4/c1-15(2)9-17(7-11(8-18)21-15)14(19)12-5-4-10(16)6-13(12)20-3/h4-6,11,18H,7-9H2,1-3H3. The zero-order valence-electron chi connectivity index (χ0n) is 12.4. The van der Waals surface area contributed by atoms with Crippen LogP contribution in [0.5, 0.6) is 5.75 Å². The number of carbonyl (C=O) groups is 1. The third-order valence-corrected chi connectivity index (χ3v) is 3.86. The Morgan fingerprint density at radius 2 is 2.29 bits per heavy atom. The van der Waals surface area contributed by atoms with E-state index in [9.17, 15) is 9.90 Å². The number of nitrogens with zero attached hydrogens (tertiary/aromatic N) is 1. The lowest BCUT2D eigenvalue weighted by Crippen LogP contribution is -2.55. The van der Waals surface area contributed by atoms with Crippen LogP contribution in [-0.2, 0) is 4.74 Å². The van der Waals surface area contributed by atoms with Crippen LogP contribution in [0.15, 0.2) is 22.7 Å². The molecular weight excluding hydrogens is 338 g/mol. The van der Waals surface area contributed by atoms with Crippen LogP contribution in [0.3, 0.4) is 0 Å². The fourth-order valence-corrected chi connectivity index (χ4v) is 2.90. The molecule has 1 aliphatic heterocycles. The minimum atomic E-state index is -0.482. The van der Waals surface area contributed by atoms with Gasteiger partial charge in [0, 0.05) is 17.6 Å². The summed E-state index contributed by atoms with van der Waals surface area (Å²) in [6, 6.07) is 5.31. The van der Waals surface area contributed by atoms with Crippen molar-refractivity contribution < 1.29 is 19.4 Å². The molecular formula is C15H20BrNO4. The normalized spacial score (nSPS) is 21.2. The monoisotopic (exact) mass is 357 g/mol. The predicted molar refractivity (Wildman–Crippen MR) is 82.6 cm³/mol. The second kappa shape index (κ2) is 6.34. The Morgan fingerprint density at radius 1 is 1.57 bits per heavy atom. The molecule has 0 aromatic heterocycles. The summed E-state index contributed by atoms with van der Waals surface area (Å²) in [7, 11) is 1.54. The van der Waals surface area contributed by atoms with Crippen molar-refractivity contribution >= 4 is 21.8 Å². The Balaban J connectivity index is 2.27. The average Bonchev–Trinajstić information content (AvgIpc) is 2.44. The van der Waals surface area contributed by atoms with Crippen LogP contribution in [-0.4, -0.2) is 54.4 Å². The van der Waals surface area contributed by atoms with Gasteiger partial charge in [-0.2, -0.15) is 0 Å². The van der Waals surface area contributed by atoms with Crippen molar-refractivity contribution in [3.8, 4) is 5.75 Å². The Hall–Kier alpha value is -1.11. The largest absolute Gasteiger partial charge is 0.496 e. The molecule has 1 N–H and O–H groups in total. The molecule has 1 aromatic rings. The molecule has 0 saturated carbocycles. The maximum absolute atomic E-state index is 12.7. The second-order valence-electron chi connectivity index (χ2n) is 5.71. The summed E-state index contributed by atoms with van der Waals surface area (Å²) < 4.78 is 11.9. The maximum Gasteiger partial charge on any atom is 0.257 e. The third-order valence-electron chi connectivity index (χ3n) is 3.37. The van der Waals surface area contributed by atoms with Gasteiger partial charge in [0.25, 0.3) is 5.91 Å². The van der Waals surface area contributed by atoms with Crippen molar-refractivity contribution in [2.45, 2.75) is 25.6 Å². The minimum Gasteiger partial charge on any atom is -0.496 e. The zero-order chi connectivity index (χ0) is 15.6. The van der Waals surface area contributed by atoms with Crippen molar-refractivity contribution in [2.75, 3.05) is 26.8 Å². The van der Waals surface area contributed by atoms with E-state index in [0.717, 1.165) is 4.47 Å². The molecule has 6 heteroatoms. The van der Waals surface area contributed by atoms with Gasteiger partial charge in [-0.25, -0.2) is 0 Å². The molecule has 0 spiro atoms. The maximum atomic E-state index is 12.7. The topological polar surface area (TPSA) is 59.0 Å². The SMILES string of the molecule is COc1cc(Br)ccc1C(=O)N1CC(CO)OC(C)(C)C1. The van der Waals surface area contributed by atoms with Crippen molar-refractivity contribution in [1.29, 1.82) is 0 Å². The van der Waals surface area contributed by atoms with Gasteiger partial charge in [0.15, 0.2) is 0 Å². The smallest absolute Gasteiger partial charge is 0.257 e. The summed E-state index contributed by atoms with van der Waals surface area (Å²) in [5.41, 5.74) is 0.0271. The quantitative estimate of drug-likeness (QED) is 0.899. The molecule has 1 fully saturated rings. The zero-order valence-corrected chi connectivity index (χ0v) is 14.0. The molecule has 1 amide bonds. The van der Waals surface area contributed by atoms with E-state index in [2.05, 4.69) is 15.9 Å². The van der Waals surface area contributed by atoms with Crippen LogP contribution < -0.4 is 4.74 Å². The highest BCUT2D eigenvalue weighted by molar-refractivity contribution is 9.10. The van der Waals surface area contributed by atoms with Crippen LogP contribution in [0.4, 0.5) is 0 Å². The number of methoxy groups -OCH3 is 1. The highest BCUT2D eigenvalue weighted by Gasteiger charge is 2.36. The van der Waals surface area contributed by atoms with Crippen LogP contribution >= 0.6 is 15.9 Å². The van der Waals surface area contributed by atoms with Gasteiger partial charge >= 0.3 is 0 Å². The summed E-state index contributed by atoms with van der Waals surface area (Å²) in [5, 5.41) is 9.34. The predicted octanol–water partition coefficient (Wildman–Crippen LogP) is 2.07. The summed E-state index contributed by atoms with van der Waals surface area (Å²) in [6.45, 7) is 4.56. The number of aliphatic hydroxyl groups excluding tert-OH is 1. The number of carbonyl (C=O) groups excluding carboxylic acids is 1. The van der Waals surface area contributed by atoms with E-state index >= 15 is 0 Å². The third kappa shape index (κ3) is 3.75. The lowest BCUT2D eigenvalue weighted by molar-refractivity contribution is -0.139. The number of morpholine rings is 1. The van der Waals surface area contributed by atoms with Gasteiger partial charge in [-0.1, -0.05) is 15.9 Å². The average molecular weight is 358 g/mol. The highest BCUT2D eigenvalue weighted by Crippen LogP contribution is 2.27. The number of benzene rings is 1. The van der Waals surface area contributed by atoms with Crippen molar-refractivity contribution in [2.24, 2.45) is 0 Å². The van der Waals surface area contributed by atoms with Gasteiger partial charge in [0.05, 0.1) is 31.0 Å². The van der Waals surface area contributed by atoms with Gasteiger partial charge in [0.1, 0.15) is 5.75 Å². The number of hydrogen-bond donors (Lipinski definition) is 1. The molecule has 1 unspecified atom stereocenters. The molecule has 1 heterocycles. The lowest BCUT2D eigenvalue weighted by atomic mass is 10.0. The number of amides is 1. The van der Waals surface area contributed by atoms with Gasteiger partial charge in [-0.3, -0.25) is 4.79 Å². The highest BCUT2D eigenvalue weighted by atomic mass is 79.9. The summed E-state index contributed by atoms with van der Waals surface area (Å²) in [5.74, 6) is 0.411. The Labute approximate surface area is 133 Å². The first kappa shape index (κ1) is 16.3. The van der Waals surface area contributed by atoms with E-state index in [1.807, 2.05) is 19.9 Å². The lowest BCUT2D eigenvalue weighted by Gasteiger charge is -2.42. The van der Waals surface area contributed by atoms with Gasteiger partial charge in [-0.05, 0) is 32.0 Å². The summed E-state index contributed by atoms with van der Waals surface area (Å²) >= 11 is 3.36. The molecule has 1 atom stereocenters. The number of hydrogen-bond acceptors (Lipinski definition) is 4. The first-order valence-electron chi connectivity index (χ1n) is 6.78. The van der Waals surface area contributed by atoms with Crippen LogP contribution in [0.1, 0.15) is 24.2 Å². The van der Waals surface area contributed by atoms with Crippen molar-refractivity contribution in [3.05, 3.63) is 28.2 Å². The number of aliphatic hydroxyl groups is 1. The Morgan fingerprint density at radius 3 is 2.90 bits per heavy atom.